The van der Waals surface area contributed by atoms with Crippen molar-refractivity contribution in [1.29, 1.82) is 0 Å². The van der Waals surface area contributed by atoms with Gasteiger partial charge in [0.2, 0.25) is 5.91 Å². The van der Waals surface area contributed by atoms with Crippen LogP contribution >= 0.6 is 11.3 Å². The molecule has 0 atom stereocenters. The second-order valence-corrected chi connectivity index (χ2v) is 8.76. The quantitative estimate of drug-likeness (QED) is 0.724. The number of hydrogen-bond donors (Lipinski definition) is 0. The van der Waals surface area contributed by atoms with E-state index in [1.165, 1.54) is 4.90 Å². The van der Waals surface area contributed by atoms with Gasteiger partial charge < -0.3 is 14.5 Å². The number of hydrogen-bond acceptors (Lipinski definition) is 7. The summed E-state index contributed by atoms with van der Waals surface area (Å²) in [4.78, 5) is 41.6. The molecule has 2 aliphatic rings. The number of rotatable bonds is 5. The predicted molar refractivity (Wildman–Crippen MR) is 116 cm³/mol. The number of anilines is 2. The minimum atomic E-state index is -0.0728. The molecular formula is C21H27N5O3S. The third-order valence-electron chi connectivity index (χ3n) is 5.68. The summed E-state index contributed by atoms with van der Waals surface area (Å²) >= 11 is 1.55. The lowest BCUT2D eigenvalue weighted by Gasteiger charge is -2.30. The van der Waals surface area contributed by atoms with Gasteiger partial charge in [-0.25, -0.2) is 9.97 Å². The number of carbonyl (C=O) groups excluding carboxylic acids is 2. The normalized spacial score (nSPS) is 16.6. The first-order valence-corrected chi connectivity index (χ1v) is 11.0. The maximum Gasteiger partial charge on any atom is 0.257 e. The van der Waals surface area contributed by atoms with Gasteiger partial charge in [-0.05, 0) is 25.3 Å². The van der Waals surface area contributed by atoms with Crippen molar-refractivity contribution in [2.75, 3.05) is 50.2 Å². The number of nitrogens with zero attached hydrogens (tertiary/aromatic N) is 5. The molecular weight excluding hydrogens is 402 g/mol. The Balaban J connectivity index is 1.74. The fourth-order valence-electron chi connectivity index (χ4n) is 4.06. The zero-order valence-corrected chi connectivity index (χ0v) is 18.7. The van der Waals surface area contributed by atoms with E-state index in [1.807, 2.05) is 13.1 Å². The smallest absolute Gasteiger partial charge is 0.257 e. The maximum atomic E-state index is 13.1. The van der Waals surface area contributed by atoms with Crippen LogP contribution in [0.4, 0.5) is 10.8 Å². The van der Waals surface area contributed by atoms with E-state index in [2.05, 4.69) is 16.8 Å². The standard InChI is InChI=1S/C21H27N5O3S/c1-5-14-10-22-13(2)23-19(14)25-7-6-15-16(11-25)30-21-18(15)20(28)24(3)12-17(27)26(21)8-9-29-4/h10H,5-9,11-12H2,1-4H3. The van der Waals surface area contributed by atoms with Crippen LogP contribution in [-0.4, -0.2) is 67.1 Å². The van der Waals surface area contributed by atoms with Gasteiger partial charge in [-0.2, -0.15) is 0 Å². The summed E-state index contributed by atoms with van der Waals surface area (Å²) in [5.74, 6) is 1.58. The van der Waals surface area contributed by atoms with Gasteiger partial charge in [0, 0.05) is 37.3 Å². The van der Waals surface area contributed by atoms with Crippen molar-refractivity contribution in [3.8, 4) is 0 Å². The van der Waals surface area contributed by atoms with Gasteiger partial charge in [-0.1, -0.05) is 6.92 Å². The van der Waals surface area contributed by atoms with Crippen LogP contribution in [-0.2, 0) is 28.9 Å². The Morgan fingerprint density at radius 2 is 2.07 bits per heavy atom. The second kappa shape index (κ2) is 8.31. The highest BCUT2D eigenvalue weighted by Crippen LogP contribution is 2.42. The van der Waals surface area contributed by atoms with Crippen molar-refractivity contribution in [2.24, 2.45) is 0 Å². The molecule has 2 amide bonds. The van der Waals surface area contributed by atoms with Crippen LogP contribution in [0.5, 0.6) is 0 Å². The Kier molecular flexibility index (Phi) is 5.75. The van der Waals surface area contributed by atoms with Gasteiger partial charge in [0.1, 0.15) is 23.2 Å². The number of aromatic nitrogens is 2. The molecule has 4 heterocycles. The van der Waals surface area contributed by atoms with Gasteiger partial charge in [-0.3, -0.25) is 14.5 Å². The minimum Gasteiger partial charge on any atom is -0.383 e. The van der Waals surface area contributed by atoms with Gasteiger partial charge in [0.25, 0.3) is 5.91 Å². The number of likely N-dealkylation sites (N-methyl/N-ethyl adjacent to an activating group) is 1. The number of thiophene rings is 1. The summed E-state index contributed by atoms with van der Waals surface area (Å²) in [6.07, 6.45) is 3.52. The number of amides is 2. The van der Waals surface area contributed by atoms with Crippen LogP contribution in [0.3, 0.4) is 0 Å². The molecule has 0 N–H and O–H groups in total. The van der Waals surface area contributed by atoms with Crippen molar-refractivity contribution >= 4 is 34.0 Å². The average Bonchev–Trinajstić information content (AvgIpc) is 3.07. The molecule has 0 radical (unpaired) electrons. The average molecular weight is 430 g/mol. The lowest BCUT2D eigenvalue weighted by molar-refractivity contribution is -0.119. The summed E-state index contributed by atoms with van der Waals surface area (Å²) in [6.45, 7) is 6.43. The summed E-state index contributed by atoms with van der Waals surface area (Å²) in [7, 11) is 3.31. The van der Waals surface area contributed by atoms with E-state index in [9.17, 15) is 9.59 Å². The van der Waals surface area contributed by atoms with Crippen LogP contribution in [0.1, 0.15) is 39.1 Å². The van der Waals surface area contributed by atoms with E-state index in [0.29, 0.717) is 25.3 Å². The maximum absolute atomic E-state index is 13.1. The minimum absolute atomic E-state index is 0.0724. The van der Waals surface area contributed by atoms with Crippen LogP contribution < -0.4 is 9.80 Å². The Labute approximate surface area is 180 Å². The second-order valence-electron chi connectivity index (χ2n) is 7.67. The third-order valence-corrected chi connectivity index (χ3v) is 6.92. The molecule has 8 nitrogen and oxygen atoms in total. The fourth-order valence-corrected chi connectivity index (χ4v) is 5.46. The summed E-state index contributed by atoms with van der Waals surface area (Å²) < 4.78 is 5.21. The number of carbonyl (C=O) groups is 2. The van der Waals surface area contributed by atoms with Gasteiger partial charge in [-0.15, -0.1) is 11.3 Å². The van der Waals surface area contributed by atoms with Crippen molar-refractivity contribution < 1.29 is 14.3 Å². The molecule has 4 rings (SSSR count). The highest BCUT2D eigenvalue weighted by atomic mass is 32.1. The molecule has 0 aromatic carbocycles. The molecule has 2 aliphatic heterocycles. The third kappa shape index (κ3) is 3.56. The molecule has 0 aliphatic carbocycles. The number of aryl methyl sites for hydroxylation is 2. The molecule has 2 aromatic heterocycles. The van der Waals surface area contributed by atoms with Crippen LogP contribution in [0.2, 0.25) is 0 Å². The largest absolute Gasteiger partial charge is 0.383 e. The van der Waals surface area contributed by atoms with Crippen molar-refractivity contribution in [3.63, 3.8) is 0 Å². The van der Waals surface area contributed by atoms with Gasteiger partial charge in [0.05, 0.1) is 25.3 Å². The monoisotopic (exact) mass is 429 g/mol. The van der Waals surface area contributed by atoms with E-state index in [4.69, 9.17) is 9.72 Å². The first-order valence-electron chi connectivity index (χ1n) is 10.2. The topological polar surface area (TPSA) is 78.9 Å². The Morgan fingerprint density at radius 1 is 1.27 bits per heavy atom. The molecule has 0 saturated heterocycles. The SMILES string of the molecule is CCc1cnc(C)nc1N1CCc2c(sc3c2C(=O)N(C)CC(=O)N3CCOC)C1. The molecule has 0 fully saturated rings. The van der Waals surface area contributed by atoms with E-state index in [-0.39, 0.29) is 18.4 Å². The van der Waals surface area contributed by atoms with E-state index >= 15 is 0 Å². The predicted octanol–water partition coefficient (Wildman–Crippen LogP) is 2.04. The molecule has 30 heavy (non-hydrogen) atoms. The summed E-state index contributed by atoms with van der Waals surface area (Å²) in [6, 6.07) is 0. The highest BCUT2D eigenvalue weighted by Gasteiger charge is 2.37. The van der Waals surface area contributed by atoms with E-state index in [1.54, 1.807) is 30.4 Å². The Hall–Kier alpha value is -2.52. The zero-order valence-electron chi connectivity index (χ0n) is 17.9. The Morgan fingerprint density at radius 3 is 2.80 bits per heavy atom. The molecule has 0 bridgehead atoms. The molecule has 2 aromatic rings. The van der Waals surface area contributed by atoms with E-state index in [0.717, 1.165) is 52.0 Å². The highest BCUT2D eigenvalue weighted by molar-refractivity contribution is 7.17. The lowest BCUT2D eigenvalue weighted by Crippen LogP contribution is -2.39. The molecule has 9 heteroatoms. The van der Waals surface area contributed by atoms with Crippen molar-refractivity contribution in [2.45, 2.75) is 33.2 Å². The number of methoxy groups -OCH3 is 1. The number of fused-ring (bicyclic) bond motifs is 3. The van der Waals surface area contributed by atoms with Gasteiger partial charge >= 0.3 is 0 Å². The van der Waals surface area contributed by atoms with Crippen molar-refractivity contribution in [3.05, 3.63) is 33.6 Å². The first kappa shape index (κ1) is 20.7. The first-order chi connectivity index (χ1) is 14.4. The molecule has 0 unspecified atom stereocenters. The zero-order chi connectivity index (χ0) is 21.4. The Bertz CT molecular complexity index is 989. The summed E-state index contributed by atoms with van der Waals surface area (Å²) in [5, 5.41) is 0.757. The molecule has 0 saturated carbocycles. The lowest BCUT2D eigenvalue weighted by atomic mass is 10.0. The van der Waals surface area contributed by atoms with Crippen LogP contribution in [0.25, 0.3) is 0 Å². The van der Waals surface area contributed by atoms with E-state index < -0.39 is 0 Å². The number of ether oxygens (including phenoxy) is 1. The van der Waals surface area contributed by atoms with Crippen LogP contribution in [0, 0.1) is 6.92 Å². The summed E-state index contributed by atoms with van der Waals surface area (Å²) in [5.41, 5.74) is 2.88. The molecule has 0 spiro atoms. The van der Waals surface area contributed by atoms with Gasteiger partial charge in [0.15, 0.2) is 0 Å². The van der Waals surface area contributed by atoms with Crippen molar-refractivity contribution in [1.82, 2.24) is 14.9 Å². The fraction of sp³-hybridized carbons (Fsp3) is 0.524. The molecule has 160 valence electrons. The van der Waals surface area contributed by atoms with Crippen LogP contribution in [0.15, 0.2) is 6.20 Å².